The topological polar surface area (TPSA) is 47.3 Å². The van der Waals surface area contributed by atoms with Gasteiger partial charge in [0.2, 0.25) is 0 Å². The summed E-state index contributed by atoms with van der Waals surface area (Å²) in [6.45, 7) is 0. The first-order valence-corrected chi connectivity index (χ1v) is 6.84. The molecule has 0 spiro atoms. The minimum Gasteiger partial charge on any atom is -0.497 e. The molecule has 1 saturated carbocycles. The maximum absolute atomic E-state index is 5.91. The van der Waals surface area contributed by atoms with E-state index in [1.807, 2.05) is 18.2 Å². The highest BCUT2D eigenvalue weighted by Crippen LogP contribution is 2.30. The summed E-state index contributed by atoms with van der Waals surface area (Å²) in [5.74, 6) is 0.878. The summed E-state index contributed by atoms with van der Waals surface area (Å²) in [6, 6.07) is 6.90. The smallest absolute Gasteiger partial charge is 0.121 e. The number of nitrogens with one attached hydrogen (secondary N) is 1. The van der Waals surface area contributed by atoms with E-state index in [4.69, 9.17) is 10.5 Å². The van der Waals surface area contributed by atoms with E-state index in [2.05, 4.69) is 21.2 Å². The first kappa shape index (κ1) is 12.7. The maximum Gasteiger partial charge on any atom is 0.121 e. The van der Waals surface area contributed by atoms with E-state index in [1.165, 1.54) is 0 Å². The van der Waals surface area contributed by atoms with Crippen LogP contribution in [0.1, 0.15) is 25.7 Å². The van der Waals surface area contributed by atoms with Crippen LogP contribution in [0.2, 0.25) is 0 Å². The van der Waals surface area contributed by atoms with Crippen LogP contribution in [0.15, 0.2) is 22.7 Å². The Morgan fingerprint density at radius 3 is 2.65 bits per heavy atom. The molecule has 0 bridgehead atoms. The highest BCUT2D eigenvalue weighted by atomic mass is 79.9. The third-order valence-electron chi connectivity index (χ3n) is 3.30. The Labute approximate surface area is 111 Å². The van der Waals surface area contributed by atoms with Crippen molar-refractivity contribution in [3.05, 3.63) is 22.7 Å². The molecule has 1 fully saturated rings. The predicted molar refractivity (Wildman–Crippen MR) is 74.5 cm³/mol. The van der Waals surface area contributed by atoms with Gasteiger partial charge in [-0.15, -0.1) is 0 Å². The van der Waals surface area contributed by atoms with E-state index in [-0.39, 0.29) is 0 Å². The number of rotatable bonds is 3. The fourth-order valence-electron chi connectivity index (χ4n) is 2.23. The number of hydrogen-bond donors (Lipinski definition) is 2. The molecular weight excluding hydrogens is 280 g/mol. The molecule has 0 amide bonds. The fourth-order valence-corrected chi connectivity index (χ4v) is 2.59. The number of halogens is 1. The third-order valence-corrected chi connectivity index (χ3v) is 4.00. The van der Waals surface area contributed by atoms with E-state index in [9.17, 15) is 0 Å². The lowest BCUT2D eigenvalue weighted by molar-refractivity contribution is 0.408. The van der Waals surface area contributed by atoms with Gasteiger partial charge in [0.05, 0.1) is 12.8 Å². The molecule has 3 N–H and O–H groups in total. The van der Waals surface area contributed by atoms with Gasteiger partial charge < -0.3 is 15.8 Å². The molecule has 0 aromatic heterocycles. The number of nitrogens with two attached hydrogens (primary N) is 1. The van der Waals surface area contributed by atoms with Gasteiger partial charge in [0.15, 0.2) is 0 Å². The van der Waals surface area contributed by atoms with Crippen LogP contribution in [0.4, 0.5) is 5.69 Å². The minimum atomic E-state index is 0.391. The quantitative estimate of drug-likeness (QED) is 0.901. The van der Waals surface area contributed by atoms with Crippen LogP contribution in [0, 0.1) is 0 Å². The lowest BCUT2D eigenvalue weighted by Crippen LogP contribution is -2.32. The number of hydrogen-bond acceptors (Lipinski definition) is 3. The van der Waals surface area contributed by atoms with Gasteiger partial charge in [-0.2, -0.15) is 0 Å². The zero-order valence-electron chi connectivity index (χ0n) is 10.1. The molecule has 0 aliphatic heterocycles. The summed E-state index contributed by atoms with van der Waals surface area (Å²) in [7, 11) is 1.69. The molecule has 2 rings (SSSR count). The highest BCUT2D eigenvalue weighted by molar-refractivity contribution is 9.10. The van der Waals surface area contributed by atoms with Crippen molar-refractivity contribution in [1.82, 2.24) is 0 Å². The normalized spacial score (nSPS) is 24.4. The van der Waals surface area contributed by atoms with Crippen LogP contribution in [0.3, 0.4) is 0 Å². The van der Waals surface area contributed by atoms with Crippen molar-refractivity contribution in [2.75, 3.05) is 12.4 Å². The lowest BCUT2D eigenvalue weighted by Gasteiger charge is -2.28. The van der Waals surface area contributed by atoms with Gasteiger partial charge in [-0.05, 0) is 53.7 Å². The zero-order chi connectivity index (χ0) is 12.3. The number of methoxy groups -OCH3 is 1. The summed E-state index contributed by atoms with van der Waals surface area (Å²) >= 11 is 3.56. The maximum atomic E-state index is 5.91. The molecule has 1 aromatic carbocycles. The van der Waals surface area contributed by atoms with Crippen LogP contribution < -0.4 is 15.8 Å². The lowest BCUT2D eigenvalue weighted by atomic mass is 9.91. The highest BCUT2D eigenvalue weighted by Gasteiger charge is 2.18. The molecular formula is C13H19BrN2O. The predicted octanol–water partition coefficient (Wildman–Crippen LogP) is 3.14. The Bertz CT molecular complexity index is 376. The molecule has 0 saturated heterocycles. The average molecular weight is 299 g/mol. The first-order valence-electron chi connectivity index (χ1n) is 6.04. The van der Waals surface area contributed by atoms with Crippen molar-refractivity contribution in [2.24, 2.45) is 5.73 Å². The van der Waals surface area contributed by atoms with Crippen molar-refractivity contribution < 1.29 is 4.74 Å². The Hall–Kier alpha value is -0.740. The first-order chi connectivity index (χ1) is 8.19. The second-order valence-corrected chi connectivity index (χ2v) is 5.46. The molecule has 1 aliphatic rings. The van der Waals surface area contributed by atoms with Crippen LogP contribution in [-0.2, 0) is 0 Å². The molecule has 0 unspecified atom stereocenters. The fraction of sp³-hybridized carbons (Fsp3) is 0.538. The number of benzene rings is 1. The van der Waals surface area contributed by atoms with E-state index < -0.39 is 0 Å². The Kier molecular flexibility index (Phi) is 4.29. The van der Waals surface area contributed by atoms with Gasteiger partial charge in [-0.3, -0.25) is 0 Å². The Morgan fingerprint density at radius 1 is 1.29 bits per heavy atom. The summed E-state index contributed by atoms with van der Waals surface area (Å²) in [5.41, 5.74) is 7.01. The van der Waals surface area contributed by atoms with Gasteiger partial charge in [0.25, 0.3) is 0 Å². The number of anilines is 1. The van der Waals surface area contributed by atoms with Crippen LogP contribution in [0.5, 0.6) is 5.75 Å². The summed E-state index contributed by atoms with van der Waals surface area (Å²) < 4.78 is 6.31. The third kappa shape index (κ3) is 3.36. The second-order valence-electron chi connectivity index (χ2n) is 4.60. The van der Waals surface area contributed by atoms with E-state index in [0.29, 0.717) is 12.1 Å². The molecule has 3 nitrogen and oxygen atoms in total. The minimum absolute atomic E-state index is 0.391. The van der Waals surface area contributed by atoms with Crippen LogP contribution in [-0.4, -0.2) is 19.2 Å². The van der Waals surface area contributed by atoms with Crippen molar-refractivity contribution in [3.8, 4) is 5.75 Å². The van der Waals surface area contributed by atoms with E-state index >= 15 is 0 Å². The van der Waals surface area contributed by atoms with Gasteiger partial charge >= 0.3 is 0 Å². The second kappa shape index (κ2) is 5.74. The van der Waals surface area contributed by atoms with Gasteiger partial charge in [-0.1, -0.05) is 0 Å². The Balaban J connectivity index is 2.02. The molecule has 1 aromatic rings. The Morgan fingerprint density at radius 2 is 2.00 bits per heavy atom. The molecule has 0 radical (unpaired) electrons. The molecule has 0 heterocycles. The molecule has 0 atom stereocenters. The summed E-state index contributed by atoms with van der Waals surface area (Å²) in [4.78, 5) is 0. The summed E-state index contributed by atoms with van der Waals surface area (Å²) in [5, 5.41) is 3.56. The standard InChI is InChI=1S/C13H19BrN2O/c1-17-11-6-7-12(14)13(8-11)16-10-4-2-9(15)3-5-10/h6-10,16H,2-5,15H2,1H3. The van der Waals surface area contributed by atoms with Gasteiger partial charge in [-0.25, -0.2) is 0 Å². The van der Waals surface area contributed by atoms with Crippen LogP contribution in [0.25, 0.3) is 0 Å². The average Bonchev–Trinajstić information content (AvgIpc) is 2.35. The molecule has 94 valence electrons. The van der Waals surface area contributed by atoms with Crippen LogP contribution >= 0.6 is 15.9 Å². The number of ether oxygens (including phenoxy) is 1. The molecule has 1 aliphatic carbocycles. The van der Waals surface area contributed by atoms with Crippen molar-refractivity contribution in [1.29, 1.82) is 0 Å². The summed E-state index contributed by atoms with van der Waals surface area (Å²) in [6.07, 6.45) is 4.51. The van der Waals surface area contributed by atoms with E-state index in [0.717, 1.165) is 41.6 Å². The SMILES string of the molecule is COc1ccc(Br)c(NC2CCC(N)CC2)c1. The van der Waals surface area contributed by atoms with Crippen molar-refractivity contribution in [3.63, 3.8) is 0 Å². The molecule has 17 heavy (non-hydrogen) atoms. The molecule has 4 heteroatoms. The van der Waals surface area contributed by atoms with Gasteiger partial charge in [0.1, 0.15) is 5.75 Å². The van der Waals surface area contributed by atoms with Crippen molar-refractivity contribution >= 4 is 21.6 Å². The van der Waals surface area contributed by atoms with E-state index in [1.54, 1.807) is 7.11 Å². The van der Waals surface area contributed by atoms with Gasteiger partial charge in [0, 0.05) is 22.6 Å². The monoisotopic (exact) mass is 298 g/mol. The largest absolute Gasteiger partial charge is 0.497 e. The zero-order valence-corrected chi connectivity index (χ0v) is 11.7. The van der Waals surface area contributed by atoms with Crippen molar-refractivity contribution in [2.45, 2.75) is 37.8 Å².